The van der Waals surface area contributed by atoms with Crippen LogP contribution in [0.3, 0.4) is 0 Å². The standard InChI is InChI=1S/C18H24N4O/c1-14-11-20-22(13-14)10-9-19-12-17(23)21-18(16-7-8-16)15-5-3-2-4-6-15/h2-6,11,13,16,18-19H,7-10,12H2,1H3,(H,21,23)/t18-/m0/s1. The van der Waals surface area contributed by atoms with E-state index in [1.165, 1.54) is 18.4 Å². The maximum absolute atomic E-state index is 12.2. The normalized spacial score (nSPS) is 15.3. The molecule has 1 aromatic carbocycles. The molecule has 0 spiro atoms. The van der Waals surface area contributed by atoms with Gasteiger partial charge in [0.05, 0.1) is 25.3 Å². The lowest BCUT2D eigenvalue weighted by Crippen LogP contribution is -2.38. The Hall–Kier alpha value is -2.14. The Labute approximate surface area is 137 Å². The van der Waals surface area contributed by atoms with Gasteiger partial charge in [0.2, 0.25) is 5.91 Å². The number of nitrogens with one attached hydrogen (secondary N) is 2. The zero-order chi connectivity index (χ0) is 16.1. The van der Waals surface area contributed by atoms with Crippen LogP contribution in [0.2, 0.25) is 0 Å². The highest BCUT2D eigenvalue weighted by molar-refractivity contribution is 5.78. The summed E-state index contributed by atoms with van der Waals surface area (Å²) in [7, 11) is 0. The monoisotopic (exact) mass is 312 g/mol. The Morgan fingerprint density at radius 1 is 1.35 bits per heavy atom. The molecule has 0 radical (unpaired) electrons. The second-order valence-electron chi connectivity index (χ2n) is 6.25. The van der Waals surface area contributed by atoms with Crippen molar-refractivity contribution in [2.75, 3.05) is 13.1 Å². The van der Waals surface area contributed by atoms with Crippen LogP contribution in [0.5, 0.6) is 0 Å². The molecule has 5 nitrogen and oxygen atoms in total. The highest BCUT2D eigenvalue weighted by Gasteiger charge is 2.33. The molecule has 2 aromatic rings. The molecule has 1 aliphatic carbocycles. The van der Waals surface area contributed by atoms with E-state index in [4.69, 9.17) is 0 Å². The van der Waals surface area contributed by atoms with Crippen molar-refractivity contribution in [3.8, 4) is 0 Å². The van der Waals surface area contributed by atoms with Crippen LogP contribution >= 0.6 is 0 Å². The minimum Gasteiger partial charge on any atom is -0.348 e. The maximum atomic E-state index is 12.2. The lowest BCUT2D eigenvalue weighted by molar-refractivity contribution is -0.121. The number of amides is 1. The third-order valence-corrected chi connectivity index (χ3v) is 4.13. The van der Waals surface area contributed by atoms with Gasteiger partial charge < -0.3 is 10.6 Å². The molecular weight excluding hydrogens is 288 g/mol. The van der Waals surface area contributed by atoms with Crippen molar-refractivity contribution < 1.29 is 4.79 Å². The van der Waals surface area contributed by atoms with Crippen molar-refractivity contribution in [1.82, 2.24) is 20.4 Å². The van der Waals surface area contributed by atoms with Gasteiger partial charge in [-0.15, -0.1) is 0 Å². The van der Waals surface area contributed by atoms with Crippen LogP contribution in [0.4, 0.5) is 0 Å². The molecule has 1 fully saturated rings. The highest BCUT2D eigenvalue weighted by Crippen LogP contribution is 2.40. The van der Waals surface area contributed by atoms with E-state index in [0.717, 1.165) is 18.7 Å². The number of aromatic nitrogens is 2. The van der Waals surface area contributed by atoms with Gasteiger partial charge in [0.1, 0.15) is 0 Å². The van der Waals surface area contributed by atoms with Crippen LogP contribution in [-0.4, -0.2) is 28.8 Å². The minimum atomic E-state index is 0.0578. The molecule has 23 heavy (non-hydrogen) atoms. The molecule has 0 unspecified atom stereocenters. The number of nitrogens with zero attached hydrogens (tertiary/aromatic N) is 2. The first-order valence-electron chi connectivity index (χ1n) is 8.26. The van der Waals surface area contributed by atoms with Crippen molar-refractivity contribution >= 4 is 5.91 Å². The first-order chi connectivity index (χ1) is 11.2. The summed E-state index contributed by atoms with van der Waals surface area (Å²) in [5, 5.41) is 10.6. The molecule has 122 valence electrons. The average Bonchev–Trinajstić information content (AvgIpc) is 3.32. The molecular formula is C18H24N4O. The molecule has 1 heterocycles. The third-order valence-electron chi connectivity index (χ3n) is 4.13. The predicted octanol–water partition coefficient (Wildman–Crippen LogP) is 2.05. The van der Waals surface area contributed by atoms with Crippen LogP contribution in [0.25, 0.3) is 0 Å². The molecule has 0 bridgehead atoms. The van der Waals surface area contributed by atoms with Crippen LogP contribution in [-0.2, 0) is 11.3 Å². The van der Waals surface area contributed by atoms with Gasteiger partial charge >= 0.3 is 0 Å². The van der Waals surface area contributed by atoms with Crippen LogP contribution < -0.4 is 10.6 Å². The van der Waals surface area contributed by atoms with Gasteiger partial charge in [-0.25, -0.2) is 0 Å². The fourth-order valence-corrected chi connectivity index (χ4v) is 2.77. The number of carbonyl (C=O) groups is 1. The van der Waals surface area contributed by atoms with Crippen molar-refractivity contribution in [1.29, 1.82) is 0 Å². The molecule has 0 aliphatic heterocycles. The minimum absolute atomic E-state index is 0.0578. The number of aryl methyl sites for hydroxylation is 1. The third kappa shape index (κ3) is 4.66. The van der Waals surface area contributed by atoms with E-state index >= 15 is 0 Å². The number of hydrogen-bond acceptors (Lipinski definition) is 3. The van der Waals surface area contributed by atoms with Gasteiger partial charge in [0.15, 0.2) is 0 Å². The number of carbonyl (C=O) groups excluding carboxylic acids is 1. The van der Waals surface area contributed by atoms with Crippen molar-refractivity contribution in [3.63, 3.8) is 0 Å². The quantitative estimate of drug-likeness (QED) is 0.734. The van der Waals surface area contributed by atoms with E-state index in [0.29, 0.717) is 12.5 Å². The zero-order valence-electron chi connectivity index (χ0n) is 13.5. The van der Waals surface area contributed by atoms with Crippen molar-refractivity contribution in [2.45, 2.75) is 32.4 Å². The summed E-state index contributed by atoms with van der Waals surface area (Å²) < 4.78 is 1.89. The summed E-state index contributed by atoms with van der Waals surface area (Å²) in [6.45, 7) is 3.86. The topological polar surface area (TPSA) is 59.0 Å². The van der Waals surface area contributed by atoms with Gasteiger partial charge in [0, 0.05) is 12.7 Å². The molecule has 3 rings (SSSR count). The number of benzene rings is 1. The molecule has 1 amide bonds. The molecule has 1 saturated carbocycles. The van der Waals surface area contributed by atoms with E-state index in [2.05, 4.69) is 27.9 Å². The SMILES string of the molecule is Cc1cnn(CCNCC(=O)N[C@@H](c2ccccc2)C2CC2)c1. The van der Waals surface area contributed by atoms with Crippen LogP contribution in [0.15, 0.2) is 42.7 Å². The maximum Gasteiger partial charge on any atom is 0.234 e. The summed E-state index contributed by atoms with van der Waals surface area (Å²) in [5.41, 5.74) is 2.35. The first-order valence-corrected chi connectivity index (χ1v) is 8.26. The molecule has 2 N–H and O–H groups in total. The molecule has 0 saturated heterocycles. The van der Waals surface area contributed by atoms with E-state index in [1.807, 2.05) is 42.2 Å². The predicted molar refractivity (Wildman–Crippen MR) is 89.9 cm³/mol. The molecule has 5 heteroatoms. The van der Waals surface area contributed by atoms with Gasteiger partial charge in [-0.3, -0.25) is 9.48 Å². The van der Waals surface area contributed by atoms with Crippen molar-refractivity contribution in [2.24, 2.45) is 5.92 Å². The van der Waals surface area contributed by atoms with E-state index in [-0.39, 0.29) is 11.9 Å². The summed E-state index contributed by atoms with van der Waals surface area (Å²) in [4.78, 5) is 12.2. The summed E-state index contributed by atoms with van der Waals surface area (Å²) >= 11 is 0. The van der Waals surface area contributed by atoms with Crippen molar-refractivity contribution in [3.05, 3.63) is 53.9 Å². The largest absolute Gasteiger partial charge is 0.348 e. The Kier molecular flexibility index (Phi) is 5.08. The van der Waals surface area contributed by atoms with Crippen LogP contribution in [0.1, 0.15) is 30.0 Å². The second kappa shape index (κ2) is 7.42. The Morgan fingerprint density at radius 2 is 2.13 bits per heavy atom. The molecule has 1 atom stereocenters. The highest BCUT2D eigenvalue weighted by atomic mass is 16.2. The average molecular weight is 312 g/mol. The lowest BCUT2D eigenvalue weighted by atomic mass is 10.0. The summed E-state index contributed by atoms with van der Waals surface area (Å²) in [5.74, 6) is 0.649. The second-order valence-corrected chi connectivity index (χ2v) is 6.25. The van der Waals surface area contributed by atoms with Gasteiger partial charge in [0.25, 0.3) is 0 Å². The lowest BCUT2D eigenvalue weighted by Gasteiger charge is -2.19. The Bertz CT molecular complexity index is 633. The fraction of sp³-hybridized carbons (Fsp3) is 0.444. The van der Waals surface area contributed by atoms with Gasteiger partial charge in [-0.2, -0.15) is 5.10 Å². The van der Waals surface area contributed by atoms with Gasteiger partial charge in [-0.1, -0.05) is 30.3 Å². The Balaban J connectivity index is 1.42. The first kappa shape index (κ1) is 15.7. The van der Waals surface area contributed by atoms with E-state index in [9.17, 15) is 4.79 Å². The fourth-order valence-electron chi connectivity index (χ4n) is 2.77. The Morgan fingerprint density at radius 3 is 2.78 bits per heavy atom. The van der Waals surface area contributed by atoms with E-state index < -0.39 is 0 Å². The number of rotatable bonds is 8. The summed E-state index contributed by atoms with van der Waals surface area (Å²) in [6, 6.07) is 10.4. The van der Waals surface area contributed by atoms with E-state index in [1.54, 1.807) is 0 Å². The van der Waals surface area contributed by atoms with Crippen LogP contribution in [0, 0.1) is 12.8 Å². The smallest absolute Gasteiger partial charge is 0.234 e. The number of hydrogen-bond donors (Lipinski definition) is 2. The molecule has 1 aromatic heterocycles. The summed E-state index contributed by atoms with van der Waals surface area (Å²) in [6.07, 6.45) is 6.24. The van der Waals surface area contributed by atoms with Gasteiger partial charge in [-0.05, 0) is 36.8 Å². The molecule has 1 aliphatic rings. The zero-order valence-corrected chi connectivity index (χ0v) is 13.5.